The summed E-state index contributed by atoms with van der Waals surface area (Å²) in [7, 11) is 0. The Bertz CT molecular complexity index is 348. The number of aliphatic hydroxyl groups excluding tert-OH is 1. The van der Waals surface area contributed by atoms with Gasteiger partial charge in [-0.1, -0.05) is 36.4 Å². The van der Waals surface area contributed by atoms with Gasteiger partial charge in [-0.05, 0) is 16.7 Å². The van der Waals surface area contributed by atoms with Gasteiger partial charge in [-0.25, -0.2) is 0 Å². The summed E-state index contributed by atoms with van der Waals surface area (Å²) in [6, 6.07) is 8.21. The molecule has 0 saturated carbocycles. The highest BCUT2D eigenvalue weighted by molar-refractivity contribution is 5.61. The minimum atomic E-state index is 0.836. The average Bonchev–Trinajstić information content (AvgIpc) is 2.17. The maximum atomic E-state index is 8.80. The van der Waals surface area contributed by atoms with Crippen molar-refractivity contribution >= 4 is 6.08 Å². The highest BCUT2D eigenvalue weighted by Crippen LogP contribution is 2.21. The lowest BCUT2D eigenvalue weighted by molar-refractivity contribution is 0.467. The SMILES string of the molecule is OC=C1C=Cc2ccccc2C1. The number of fused-ring (bicyclic) bond motifs is 1. The zero-order valence-corrected chi connectivity index (χ0v) is 6.70. The molecule has 0 amide bonds. The zero-order chi connectivity index (χ0) is 8.39. The van der Waals surface area contributed by atoms with Crippen molar-refractivity contribution in [3.63, 3.8) is 0 Å². The Morgan fingerprint density at radius 2 is 2.00 bits per heavy atom. The van der Waals surface area contributed by atoms with E-state index < -0.39 is 0 Å². The maximum absolute atomic E-state index is 8.80. The van der Waals surface area contributed by atoms with Gasteiger partial charge in [0.1, 0.15) is 0 Å². The predicted octanol–water partition coefficient (Wildman–Crippen LogP) is 2.70. The second kappa shape index (κ2) is 2.86. The minimum Gasteiger partial charge on any atom is -0.515 e. The van der Waals surface area contributed by atoms with Crippen molar-refractivity contribution in [2.75, 3.05) is 0 Å². The van der Waals surface area contributed by atoms with E-state index in [1.54, 1.807) is 0 Å². The largest absolute Gasteiger partial charge is 0.515 e. The summed E-state index contributed by atoms with van der Waals surface area (Å²) in [5, 5.41) is 8.80. The van der Waals surface area contributed by atoms with Crippen LogP contribution in [-0.2, 0) is 6.42 Å². The Morgan fingerprint density at radius 1 is 1.17 bits per heavy atom. The summed E-state index contributed by atoms with van der Waals surface area (Å²) in [4.78, 5) is 0. The minimum absolute atomic E-state index is 0.836. The lowest BCUT2D eigenvalue weighted by Gasteiger charge is -2.10. The Labute approximate surface area is 71.7 Å². The number of hydrogen-bond acceptors (Lipinski definition) is 1. The molecule has 0 spiro atoms. The van der Waals surface area contributed by atoms with Crippen molar-refractivity contribution in [1.82, 2.24) is 0 Å². The molecule has 12 heavy (non-hydrogen) atoms. The predicted molar refractivity (Wildman–Crippen MR) is 49.9 cm³/mol. The number of allylic oxidation sites excluding steroid dienone is 2. The van der Waals surface area contributed by atoms with Gasteiger partial charge in [0, 0.05) is 6.42 Å². The van der Waals surface area contributed by atoms with Crippen LogP contribution in [0.1, 0.15) is 11.1 Å². The fourth-order valence-corrected chi connectivity index (χ4v) is 1.42. The van der Waals surface area contributed by atoms with Crippen LogP contribution in [0, 0.1) is 0 Å². The van der Waals surface area contributed by atoms with E-state index in [1.807, 2.05) is 24.3 Å². The summed E-state index contributed by atoms with van der Waals surface area (Å²) >= 11 is 0. The van der Waals surface area contributed by atoms with Crippen LogP contribution in [0.3, 0.4) is 0 Å². The van der Waals surface area contributed by atoms with Crippen LogP contribution < -0.4 is 0 Å². The van der Waals surface area contributed by atoms with E-state index in [0.29, 0.717) is 0 Å². The lowest BCUT2D eigenvalue weighted by atomic mass is 9.95. The van der Waals surface area contributed by atoms with E-state index in [4.69, 9.17) is 5.11 Å². The summed E-state index contributed by atoms with van der Waals surface area (Å²) in [6.07, 6.45) is 5.98. The van der Waals surface area contributed by atoms with Crippen molar-refractivity contribution in [2.45, 2.75) is 6.42 Å². The monoisotopic (exact) mass is 158 g/mol. The van der Waals surface area contributed by atoms with Gasteiger partial charge in [0.25, 0.3) is 0 Å². The molecule has 0 heterocycles. The Balaban J connectivity index is 2.46. The van der Waals surface area contributed by atoms with Crippen molar-refractivity contribution < 1.29 is 5.11 Å². The van der Waals surface area contributed by atoms with E-state index in [0.717, 1.165) is 12.0 Å². The molecule has 0 atom stereocenters. The summed E-state index contributed by atoms with van der Waals surface area (Å²) in [5.74, 6) is 0. The number of aliphatic hydroxyl groups is 1. The first-order chi connectivity index (χ1) is 5.90. The first-order valence-corrected chi connectivity index (χ1v) is 3.99. The molecule has 1 N–H and O–H groups in total. The molecule has 0 bridgehead atoms. The van der Waals surface area contributed by atoms with E-state index in [2.05, 4.69) is 12.1 Å². The molecule has 1 heteroatoms. The molecular weight excluding hydrogens is 148 g/mol. The first-order valence-electron chi connectivity index (χ1n) is 3.99. The van der Waals surface area contributed by atoms with E-state index in [1.165, 1.54) is 17.4 Å². The maximum Gasteiger partial charge on any atom is 0.0827 e. The molecule has 2 rings (SSSR count). The molecule has 60 valence electrons. The van der Waals surface area contributed by atoms with Gasteiger partial charge < -0.3 is 5.11 Å². The van der Waals surface area contributed by atoms with Crippen LogP contribution in [-0.4, -0.2) is 5.11 Å². The average molecular weight is 158 g/mol. The standard InChI is InChI=1S/C11H10O/c12-8-9-5-6-10-3-1-2-4-11(10)7-9/h1-6,8,12H,7H2. The highest BCUT2D eigenvalue weighted by atomic mass is 16.2. The third-order valence-electron chi connectivity index (χ3n) is 2.09. The summed E-state index contributed by atoms with van der Waals surface area (Å²) in [6.45, 7) is 0. The Kier molecular flexibility index (Phi) is 1.71. The molecule has 1 nitrogen and oxygen atoms in total. The van der Waals surface area contributed by atoms with E-state index in [9.17, 15) is 0 Å². The van der Waals surface area contributed by atoms with E-state index in [-0.39, 0.29) is 0 Å². The number of hydrogen-bond donors (Lipinski definition) is 1. The van der Waals surface area contributed by atoms with Gasteiger partial charge in [-0.2, -0.15) is 0 Å². The van der Waals surface area contributed by atoms with Crippen LogP contribution in [0.2, 0.25) is 0 Å². The van der Waals surface area contributed by atoms with E-state index >= 15 is 0 Å². The van der Waals surface area contributed by atoms with Crippen LogP contribution in [0.25, 0.3) is 6.08 Å². The van der Waals surface area contributed by atoms with Gasteiger partial charge in [0.05, 0.1) is 6.26 Å². The highest BCUT2D eigenvalue weighted by Gasteiger charge is 2.05. The number of benzene rings is 1. The third-order valence-corrected chi connectivity index (χ3v) is 2.09. The topological polar surface area (TPSA) is 20.2 Å². The Morgan fingerprint density at radius 3 is 2.83 bits per heavy atom. The lowest BCUT2D eigenvalue weighted by Crippen LogP contribution is -1.96. The first kappa shape index (κ1) is 7.17. The molecule has 1 aliphatic rings. The molecule has 0 aromatic heterocycles. The van der Waals surface area contributed by atoms with Gasteiger partial charge in [-0.3, -0.25) is 0 Å². The van der Waals surface area contributed by atoms with Gasteiger partial charge in [0.2, 0.25) is 0 Å². The van der Waals surface area contributed by atoms with Crippen molar-refractivity contribution in [3.05, 3.63) is 53.3 Å². The quantitative estimate of drug-likeness (QED) is 0.575. The molecular formula is C11H10O. The molecule has 1 aliphatic carbocycles. The second-order valence-corrected chi connectivity index (χ2v) is 2.91. The van der Waals surface area contributed by atoms with Gasteiger partial charge in [0.15, 0.2) is 0 Å². The third kappa shape index (κ3) is 1.14. The number of rotatable bonds is 0. The summed E-state index contributed by atoms with van der Waals surface area (Å²) < 4.78 is 0. The fraction of sp³-hybridized carbons (Fsp3) is 0.0909. The van der Waals surface area contributed by atoms with Crippen LogP contribution in [0.4, 0.5) is 0 Å². The summed E-state index contributed by atoms with van der Waals surface area (Å²) in [5.41, 5.74) is 3.50. The molecule has 1 aromatic carbocycles. The Hall–Kier alpha value is -1.50. The van der Waals surface area contributed by atoms with Crippen LogP contribution in [0.5, 0.6) is 0 Å². The molecule has 0 radical (unpaired) electrons. The molecule has 0 unspecified atom stereocenters. The zero-order valence-electron chi connectivity index (χ0n) is 6.70. The molecule has 0 saturated heterocycles. The van der Waals surface area contributed by atoms with Crippen molar-refractivity contribution in [2.24, 2.45) is 0 Å². The molecule has 1 aromatic rings. The van der Waals surface area contributed by atoms with Crippen LogP contribution >= 0.6 is 0 Å². The smallest absolute Gasteiger partial charge is 0.0827 e. The van der Waals surface area contributed by atoms with Crippen LogP contribution in [0.15, 0.2) is 42.2 Å². The fourth-order valence-electron chi connectivity index (χ4n) is 1.42. The van der Waals surface area contributed by atoms with Crippen molar-refractivity contribution in [3.8, 4) is 0 Å². The van der Waals surface area contributed by atoms with Gasteiger partial charge in [-0.15, -0.1) is 0 Å². The normalized spacial score (nSPS) is 17.8. The second-order valence-electron chi connectivity index (χ2n) is 2.91. The molecule has 0 fully saturated rings. The van der Waals surface area contributed by atoms with Gasteiger partial charge >= 0.3 is 0 Å². The van der Waals surface area contributed by atoms with Crippen molar-refractivity contribution in [1.29, 1.82) is 0 Å². The molecule has 0 aliphatic heterocycles.